The molecule has 0 saturated heterocycles. The second-order valence-corrected chi connectivity index (χ2v) is 4.72. The van der Waals surface area contributed by atoms with Crippen LogP contribution in [0.25, 0.3) is 16.8 Å². The van der Waals surface area contributed by atoms with E-state index in [4.69, 9.17) is 4.74 Å². The lowest BCUT2D eigenvalue weighted by Crippen LogP contribution is -2.05. The highest BCUT2D eigenvalue weighted by Gasteiger charge is 2.12. The van der Waals surface area contributed by atoms with Gasteiger partial charge in [-0.05, 0) is 29.8 Å². The van der Waals surface area contributed by atoms with Crippen molar-refractivity contribution in [2.75, 3.05) is 7.11 Å². The number of hydrogen-bond donors (Lipinski definition) is 1. The van der Waals surface area contributed by atoms with Gasteiger partial charge >= 0.3 is 5.97 Å². The van der Waals surface area contributed by atoms with E-state index in [9.17, 15) is 9.90 Å². The predicted molar refractivity (Wildman–Crippen MR) is 82.5 cm³/mol. The first kappa shape index (κ1) is 13.9. The van der Waals surface area contributed by atoms with Crippen LogP contribution in [0.1, 0.15) is 10.4 Å². The third-order valence-electron chi connectivity index (χ3n) is 3.39. The molecule has 1 aromatic heterocycles. The molecule has 0 bridgehead atoms. The molecule has 2 aromatic carbocycles. The molecule has 0 fully saturated rings. The number of carboxylic acids is 1. The molecule has 1 N–H and O–H groups in total. The van der Waals surface area contributed by atoms with E-state index in [1.165, 1.54) is 0 Å². The fraction of sp³-hybridized carbons (Fsp3) is 0.0588. The minimum atomic E-state index is -0.975. The Morgan fingerprint density at radius 2 is 1.82 bits per heavy atom. The maximum atomic E-state index is 11.3. The Morgan fingerprint density at radius 3 is 2.50 bits per heavy atom. The first-order valence-electron chi connectivity index (χ1n) is 6.71. The van der Waals surface area contributed by atoms with Crippen LogP contribution in [-0.2, 0) is 0 Å². The summed E-state index contributed by atoms with van der Waals surface area (Å²) in [5.41, 5.74) is 2.64. The second-order valence-electron chi connectivity index (χ2n) is 4.72. The van der Waals surface area contributed by atoms with Gasteiger partial charge in [-0.25, -0.2) is 9.48 Å². The maximum absolute atomic E-state index is 11.3. The maximum Gasteiger partial charge on any atom is 0.337 e. The lowest BCUT2D eigenvalue weighted by molar-refractivity contribution is 0.0696. The molecule has 0 atom stereocenters. The van der Waals surface area contributed by atoms with Crippen molar-refractivity contribution in [2.45, 2.75) is 0 Å². The average molecular weight is 294 g/mol. The summed E-state index contributed by atoms with van der Waals surface area (Å²) in [6.07, 6.45) is 3.52. The van der Waals surface area contributed by atoms with Crippen LogP contribution in [0.2, 0.25) is 0 Å². The minimum absolute atomic E-state index is 0.215. The summed E-state index contributed by atoms with van der Waals surface area (Å²) in [6.45, 7) is 0. The lowest BCUT2D eigenvalue weighted by Gasteiger charge is -2.05. The summed E-state index contributed by atoms with van der Waals surface area (Å²) in [4.78, 5) is 11.3. The molecular weight excluding hydrogens is 280 g/mol. The Kier molecular flexibility index (Phi) is 3.62. The van der Waals surface area contributed by atoms with Crippen LogP contribution in [0.4, 0.5) is 0 Å². The topological polar surface area (TPSA) is 64.4 Å². The molecule has 5 nitrogen and oxygen atoms in total. The van der Waals surface area contributed by atoms with Crippen molar-refractivity contribution in [1.29, 1.82) is 0 Å². The number of rotatable bonds is 4. The first-order valence-corrected chi connectivity index (χ1v) is 6.71. The van der Waals surface area contributed by atoms with Gasteiger partial charge in [0.25, 0.3) is 0 Å². The van der Waals surface area contributed by atoms with Crippen molar-refractivity contribution in [3.8, 4) is 22.6 Å². The molecule has 0 radical (unpaired) electrons. The Morgan fingerprint density at radius 1 is 1.09 bits per heavy atom. The number of hydrogen-bond acceptors (Lipinski definition) is 3. The third-order valence-corrected chi connectivity index (χ3v) is 3.39. The predicted octanol–water partition coefficient (Wildman–Crippen LogP) is 3.25. The summed E-state index contributed by atoms with van der Waals surface area (Å²) < 4.78 is 6.71. The molecule has 110 valence electrons. The van der Waals surface area contributed by atoms with E-state index in [0.717, 1.165) is 16.9 Å². The zero-order valence-corrected chi connectivity index (χ0v) is 11.9. The summed E-state index contributed by atoms with van der Waals surface area (Å²) in [7, 11) is 1.62. The summed E-state index contributed by atoms with van der Waals surface area (Å²) in [6, 6.07) is 14.4. The molecule has 0 aliphatic carbocycles. The molecule has 0 spiro atoms. The molecule has 3 aromatic rings. The molecule has 0 unspecified atom stereocenters. The molecule has 5 heteroatoms. The van der Waals surface area contributed by atoms with Crippen molar-refractivity contribution < 1.29 is 14.6 Å². The molecule has 22 heavy (non-hydrogen) atoms. The minimum Gasteiger partial charge on any atom is -0.497 e. The van der Waals surface area contributed by atoms with E-state index >= 15 is 0 Å². The molecule has 0 aliphatic rings. The van der Waals surface area contributed by atoms with Crippen LogP contribution in [-0.4, -0.2) is 28.0 Å². The van der Waals surface area contributed by atoms with Gasteiger partial charge < -0.3 is 9.84 Å². The number of aromatic nitrogens is 2. The normalized spacial score (nSPS) is 10.4. The zero-order valence-electron chi connectivity index (χ0n) is 11.9. The molecule has 0 saturated carbocycles. The Balaban J connectivity index is 1.98. The van der Waals surface area contributed by atoms with Gasteiger partial charge in [0.2, 0.25) is 0 Å². The van der Waals surface area contributed by atoms with Crippen molar-refractivity contribution in [2.24, 2.45) is 0 Å². The van der Waals surface area contributed by atoms with Gasteiger partial charge in [0.15, 0.2) is 0 Å². The lowest BCUT2D eigenvalue weighted by atomic mass is 10.1. The van der Waals surface area contributed by atoms with Crippen LogP contribution in [0.15, 0.2) is 60.9 Å². The molecule has 3 rings (SSSR count). The van der Waals surface area contributed by atoms with E-state index in [1.807, 2.05) is 30.5 Å². The van der Waals surface area contributed by atoms with E-state index in [-0.39, 0.29) is 5.56 Å². The number of para-hydroxylation sites is 1. The first-order chi connectivity index (χ1) is 10.7. The number of carboxylic acid groups (broad SMARTS) is 1. The van der Waals surface area contributed by atoms with E-state index in [0.29, 0.717) is 5.69 Å². The summed E-state index contributed by atoms with van der Waals surface area (Å²) in [5, 5.41) is 13.5. The van der Waals surface area contributed by atoms with E-state index in [1.54, 1.807) is 42.3 Å². The SMILES string of the molecule is COc1ccc(-c2cnn(-c3ccccc3C(=O)O)c2)cc1. The number of methoxy groups -OCH3 is 1. The highest BCUT2D eigenvalue weighted by Crippen LogP contribution is 2.23. The summed E-state index contributed by atoms with van der Waals surface area (Å²) in [5.74, 6) is -0.190. The van der Waals surface area contributed by atoms with Gasteiger partial charge in [0.1, 0.15) is 5.75 Å². The van der Waals surface area contributed by atoms with Crippen molar-refractivity contribution >= 4 is 5.97 Å². The van der Waals surface area contributed by atoms with Gasteiger partial charge in [0.05, 0.1) is 24.6 Å². The van der Waals surface area contributed by atoms with Crippen molar-refractivity contribution in [3.05, 3.63) is 66.5 Å². The number of nitrogens with zero attached hydrogens (tertiary/aromatic N) is 2. The largest absolute Gasteiger partial charge is 0.497 e. The van der Waals surface area contributed by atoms with E-state index < -0.39 is 5.97 Å². The van der Waals surface area contributed by atoms with Gasteiger partial charge in [-0.3, -0.25) is 0 Å². The monoisotopic (exact) mass is 294 g/mol. The Hall–Kier alpha value is -3.08. The third kappa shape index (κ3) is 2.56. The fourth-order valence-corrected chi connectivity index (χ4v) is 2.24. The smallest absolute Gasteiger partial charge is 0.337 e. The summed E-state index contributed by atoms with van der Waals surface area (Å²) >= 11 is 0. The second kappa shape index (κ2) is 5.73. The Bertz CT molecular complexity index is 807. The highest BCUT2D eigenvalue weighted by atomic mass is 16.5. The zero-order chi connectivity index (χ0) is 15.5. The highest BCUT2D eigenvalue weighted by molar-refractivity contribution is 5.91. The molecule has 1 heterocycles. The van der Waals surface area contributed by atoms with Crippen LogP contribution in [0, 0.1) is 0 Å². The quantitative estimate of drug-likeness (QED) is 0.802. The standard InChI is InChI=1S/C17H14N2O3/c1-22-14-8-6-12(7-9-14)13-10-18-19(11-13)16-5-3-2-4-15(16)17(20)21/h2-11H,1H3,(H,20,21). The van der Waals surface area contributed by atoms with Crippen LogP contribution in [0.3, 0.4) is 0 Å². The average Bonchev–Trinajstić information content (AvgIpc) is 3.04. The van der Waals surface area contributed by atoms with Crippen LogP contribution in [0.5, 0.6) is 5.75 Å². The fourth-order valence-electron chi connectivity index (χ4n) is 2.24. The van der Waals surface area contributed by atoms with E-state index in [2.05, 4.69) is 5.10 Å². The molecule has 0 aliphatic heterocycles. The number of carbonyl (C=O) groups is 1. The Labute approximate surface area is 127 Å². The van der Waals surface area contributed by atoms with Crippen molar-refractivity contribution in [3.63, 3.8) is 0 Å². The number of aromatic carboxylic acids is 1. The van der Waals surface area contributed by atoms with Crippen LogP contribution >= 0.6 is 0 Å². The molecular formula is C17H14N2O3. The van der Waals surface area contributed by atoms with Gasteiger partial charge in [-0.15, -0.1) is 0 Å². The van der Waals surface area contributed by atoms with Gasteiger partial charge in [-0.1, -0.05) is 24.3 Å². The van der Waals surface area contributed by atoms with Gasteiger partial charge in [-0.2, -0.15) is 5.10 Å². The molecule has 0 amide bonds. The van der Waals surface area contributed by atoms with Crippen molar-refractivity contribution in [1.82, 2.24) is 9.78 Å². The number of ether oxygens (including phenoxy) is 1. The number of benzene rings is 2. The van der Waals surface area contributed by atoms with Gasteiger partial charge in [0, 0.05) is 11.8 Å². The van der Waals surface area contributed by atoms with Crippen LogP contribution < -0.4 is 4.74 Å².